The average molecular weight is 473 g/mol. The van der Waals surface area contributed by atoms with Crippen molar-refractivity contribution in [1.82, 2.24) is 9.80 Å². The van der Waals surface area contributed by atoms with E-state index < -0.39 is 11.8 Å². The van der Waals surface area contributed by atoms with Crippen LogP contribution in [0.25, 0.3) is 0 Å². The molecule has 3 atom stereocenters. The van der Waals surface area contributed by atoms with Gasteiger partial charge in [-0.1, -0.05) is 13.0 Å². The Morgan fingerprint density at radius 3 is 2.47 bits per heavy atom. The van der Waals surface area contributed by atoms with Crippen molar-refractivity contribution in [2.45, 2.75) is 26.0 Å². The molecule has 0 aliphatic carbocycles. The number of halogens is 1. The Kier molecular flexibility index (Phi) is 8.46. The molecule has 0 unspecified atom stereocenters. The minimum absolute atomic E-state index is 0.0907. The first-order valence-corrected chi connectivity index (χ1v) is 11.3. The zero-order chi connectivity index (χ0) is 24.8. The number of amides is 3. The van der Waals surface area contributed by atoms with Crippen LogP contribution in [-0.4, -0.2) is 74.8 Å². The van der Waals surface area contributed by atoms with Gasteiger partial charge < -0.3 is 25.0 Å². The minimum atomic E-state index is -0.535. The van der Waals surface area contributed by atoms with Gasteiger partial charge in [-0.2, -0.15) is 0 Å². The molecule has 2 aromatic rings. The number of hydrogen-bond acceptors (Lipinski definition) is 5. The van der Waals surface area contributed by atoms with E-state index in [1.807, 2.05) is 7.05 Å². The molecule has 0 fully saturated rings. The third-order valence-corrected chi connectivity index (χ3v) is 6.10. The summed E-state index contributed by atoms with van der Waals surface area (Å²) in [5.74, 6) is -0.0440. The van der Waals surface area contributed by atoms with E-state index >= 15 is 0 Å². The van der Waals surface area contributed by atoms with E-state index in [0.717, 1.165) is 6.54 Å². The predicted molar refractivity (Wildman–Crippen MR) is 130 cm³/mol. The van der Waals surface area contributed by atoms with Crippen molar-refractivity contribution in [3.8, 4) is 5.75 Å². The van der Waals surface area contributed by atoms with Crippen molar-refractivity contribution in [2.24, 2.45) is 5.92 Å². The zero-order valence-electron chi connectivity index (χ0n) is 20.3. The molecule has 34 heavy (non-hydrogen) atoms. The Morgan fingerprint density at radius 1 is 1.09 bits per heavy atom. The molecule has 0 bridgehead atoms. The third-order valence-electron chi connectivity index (χ3n) is 6.10. The van der Waals surface area contributed by atoms with Gasteiger partial charge in [0.25, 0.3) is 5.91 Å². The number of anilines is 2. The molecule has 3 rings (SSSR count). The van der Waals surface area contributed by atoms with Crippen molar-refractivity contribution in [3.63, 3.8) is 0 Å². The van der Waals surface area contributed by atoms with Crippen molar-refractivity contribution in [3.05, 3.63) is 53.8 Å². The number of ether oxygens (including phenoxy) is 2. The van der Waals surface area contributed by atoms with Crippen LogP contribution in [0, 0.1) is 11.7 Å². The molecule has 0 aromatic heterocycles. The topological polar surface area (TPSA) is 83.1 Å². The van der Waals surface area contributed by atoms with Gasteiger partial charge in [-0.25, -0.2) is 9.18 Å². The third kappa shape index (κ3) is 6.45. The highest BCUT2D eigenvalue weighted by molar-refractivity contribution is 6.01. The van der Waals surface area contributed by atoms with Crippen LogP contribution < -0.4 is 15.4 Å². The van der Waals surface area contributed by atoms with Crippen LogP contribution in [0.3, 0.4) is 0 Å². The molecule has 184 valence electrons. The molecule has 0 saturated heterocycles. The van der Waals surface area contributed by atoms with E-state index in [9.17, 15) is 14.0 Å². The molecule has 2 N–H and O–H groups in total. The number of nitrogens with zero attached hydrogens (tertiary/aromatic N) is 2. The van der Waals surface area contributed by atoms with Gasteiger partial charge in [0.05, 0.1) is 11.7 Å². The SMILES string of the molecule is CO[C@@H]1CN(C)C(=O)c2ccc(NC(=O)Nc3cccc(F)c3)cc2OC[C@H](C)N(C)C[C@@H]1C. The quantitative estimate of drug-likeness (QED) is 0.708. The van der Waals surface area contributed by atoms with Crippen molar-refractivity contribution >= 4 is 23.3 Å². The summed E-state index contributed by atoms with van der Waals surface area (Å²) in [5.41, 5.74) is 1.17. The molecule has 1 aliphatic rings. The number of urea groups is 1. The van der Waals surface area contributed by atoms with Crippen LogP contribution in [0.2, 0.25) is 0 Å². The molecule has 0 radical (unpaired) electrons. The van der Waals surface area contributed by atoms with Crippen molar-refractivity contribution in [2.75, 3.05) is 51.5 Å². The summed E-state index contributed by atoms with van der Waals surface area (Å²) in [4.78, 5) is 29.4. The van der Waals surface area contributed by atoms with Gasteiger partial charge >= 0.3 is 6.03 Å². The minimum Gasteiger partial charge on any atom is -0.491 e. The van der Waals surface area contributed by atoms with Gasteiger partial charge in [0.2, 0.25) is 0 Å². The fraction of sp³-hybridized carbons (Fsp3) is 0.440. The number of benzene rings is 2. The average Bonchev–Trinajstić information content (AvgIpc) is 2.79. The van der Waals surface area contributed by atoms with E-state index in [4.69, 9.17) is 9.47 Å². The van der Waals surface area contributed by atoms with Crippen LogP contribution in [0.5, 0.6) is 5.75 Å². The van der Waals surface area contributed by atoms with Gasteiger partial charge in [-0.05, 0) is 50.2 Å². The van der Waals surface area contributed by atoms with E-state index in [0.29, 0.717) is 35.8 Å². The number of likely N-dealkylation sites (N-methyl/N-ethyl adjacent to an activating group) is 2. The summed E-state index contributed by atoms with van der Waals surface area (Å²) in [7, 11) is 5.44. The molecule has 1 heterocycles. The maximum absolute atomic E-state index is 13.4. The standard InChI is InChI=1S/C25H33FN4O4/c1-16-13-29(3)17(2)15-34-22-12-20(28-25(32)27-19-8-6-7-18(26)11-19)9-10-21(22)24(31)30(4)14-23(16)33-5/h6-12,16-17,23H,13-15H2,1-5H3,(H2,27,28,32)/t16-,17-,23+/m0/s1. The largest absolute Gasteiger partial charge is 0.491 e. The number of methoxy groups -OCH3 is 1. The normalized spacial score (nSPS) is 22.1. The first kappa shape index (κ1) is 25.5. The van der Waals surface area contributed by atoms with Crippen LogP contribution in [0.15, 0.2) is 42.5 Å². The smallest absolute Gasteiger partial charge is 0.323 e. The molecular formula is C25H33FN4O4. The summed E-state index contributed by atoms with van der Waals surface area (Å²) < 4.78 is 25.1. The Morgan fingerprint density at radius 2 is 1.79 bits per heavy atom. The molecule has 1 aliphatic heterocycles. The number of carbonyl (C=O) groups is 2. The van der Waals surface area contributed by atoms with Crippen LogP contribution >= 0.6 is 0 Å². The summed E-state index contributed by atoms with van der Waals surface area (Å²) in [6, 6.07) is 10.1. The van der Waals surface area contributed by atoms with E-state index in [1.165, 1.54) is 18.2 Å². The fourth-order valence-electron chi connectivity index (χ4n) is 3.89. The van der Waals surface area contributed by atoms with E-state index in [2.05, 4.69) is 29.4 Å². The second-order valence-electron chi connectivity index (χ2n) is 8.84. The molecular weight excluding hydrogens is 439 g/mol. The summed E-state index contributed by atoms with van der Waals surface area (Å²) >= 11 is 0. The van der Waals surface area contributed by atoms with Crippen LogP contribution in [0.4, 0.5) is 20.6 Å². The highest BCUT2D eigenvalue weighted by Gasteiger charge is 2.27. The Hall–Kier alpha value is -3.17. The summed E-state index contributed by atoms with van der Waals surface area (Å²) in [6.07, 6.45) is -0.111. The van der Waals surface area contributed by atoms with Gasteiger partial charge in [0.1, 0.15) is 18.2 Å². The molecule has 2 aromatic carbocycles. The highest BCUT2D eigenvalue weighted by Crippen LogP contribution is 2.27. The van der Waals surface area contributed by atoms with Gasteiger partial charge in [0, 0.05) is 50.7 Å². The number of fused-ring (bicyclic) bond motifs is 1. The highest BCUT2D eigenvalue weighted by atomic mass is 19.1. The first-order valence-electron chi connectivity index (χ1n) is 11.3. The molecule has 0 saturated carbocycles. The number of hydrogen-bond donors (Lipinski definition) is 2. The van der Waals surface area contributed by atoms with Crippen LogP contribution in [-0.2, 0) is 4.74 Å². The van der Waals surface area contributed by atoms with Crippen LogP contribution in [0.1, 0.15) is 24.2 Å². The zero-order valence-corrected chi connectivity index (χ0v) is 20.3. The van der Waals surface area contributed by atoms with Gasteiger partial charge in [-0.15, -0.1) is 0 Å². The number of rotatable bonds is 3. The lowest BCUT2D eigenvalue weighted by Gasteiger charge is -2.34. The summed E-state index contributed by atoms with van der Waals surface area (Å²) in [5, 5.41) is 5.29. The van der Waals surface area contributed by atoms with E-state index in [1.54, 1.807) is 43.3 Å². The van der Waals surface area contributed by atoms with Crippen molar-refractivity contribution in [1.29, 1.82) is 0 Å². The second kappa shape index (κ2) is 11.3. The number of carbonyl (C=O) groups excluding carboxylic acids is 2. The monoisotopic (exact) mass is 472 g/mol. The lowest BCUT2D eigenvalue weighted by molar-refractivity contribution is 0.0150. The Labute approximate surface area is 200 Å². The molecule has 0 spiro atoms. The maximum atomic E-state index is 13.4. The Bertz CT molecular complexity index is 1020. The van der Waals surface area contributed by atoms with E-state index in [-0.39, 0.29) is 24.0 Å². The second-order valence-corrected chi connectivity index (χ2v) is 8.84. The summed E-state index contributed by atoms with van der Waals surface area (Å²) in [6.45, 7) is 5.77. The lowest BCUT2D eigenvalue weighted by atomic mass is 10.0. The lowest BCUT2D eigenvalue weighted by Crippen LogP contribution is -2.45. The first-order chi connectivity index (χ1) is 16.2. The van der Waals surface area contributed by atoms with Crippen molar-refractivity contribution < 1.29 is 23.5 Å². The maximum Gasteiger partial charge on any atom is 0.323 e. The molecule has 3 amide bonds. The molecule has 9 heteroatoms. The molecule has 8 nitrogen and oxygen atoms in total. The van der Waals surface area contributed by atoms with Gasteiger partial charge in [-0.3, -0.25) is 9.69 Å². The predicted octanol–water partition coefficient (Wildman–Crippen LogP) is 3.91. The van der Waals surface area contributed by atoms with Gasteiger partial charge in [0.15, 0.2) is 0 Å². The fourth-order valence-corrected chi connectivity index (χ4v) is 3.89. The number of nitrogens with one attached hydrogen (secondary N) is 2. The Balaban J connectivity index is 1.83.